The van der Waals surface area contributed by atoms with Crippen molar-refractivity contribution in [3.05, 3.63) is 70.8 Å². The van der Waals surface area contributed by atoms with E-state index in [1.165, 1.54) is 5.56 Å². The second kappa shape index (κ2) is 6.71. The summed E-state index contributed by atoms with van der Waals surface area (Å²) in [7, 11) is 0. The van der Waals surface area contributed by atoms with E-state index in [-0.39, 0.29) is 11.2 Å². The first kappa shape index (κ1) is 14.8. The highest BCUT2D eigenvalue weighted by atomic mass is 35.5. The van der Waals surface area contributed by atoms with Gasteiger partial charge in [0.2, 0.25) is 5.24 Å². The summed E-state index contributed by atoms with van der Waals surface area (Å²) < 4.78 is 0. The molecule has 20 heavy (non-hydrogen) atoms. The fourth-order valence-electron chi connectivity index (χ4n) is 2.36. The minimum Gasteiger partial charge on any atom is -0.281 e. The molecule has 0 amide bonds. The summed E-state index contributed by atoms with van der Waals surface area (Å²) in [4.78, 5) is 11.7. The Morgan fingerprint density at radius 3 is 2.30 bits per heavy atom. The van der Waals surface area contributed by atoms with Crippen LogP contribution in [0.4, 0.5) is 0 Å². The predicted molar refractivity (Wildman–Crippen MR) is 84.3 cm³/mol. The SMILES string of the molecule is CCc1ccc(CC(C(=O)Cl)c2cccc(C)c2)cc1. The van der Waals surface area contributed by atoms with Gasteiger partial charge in [0.25, 0.3) is 0 Å². The van der Waals surface area contributed by atoms with Gasteiger partial charge >= 0.3 is 0 Å². The Balaban J connectivity index is 2.23. The molecule has 0 N–H and O–H groups in total. The van der Waals surface area contributed by atoms with E-state index in [0.717, 1.165) is 23.1 Å². The molecule has 0 fully saturated rings. The molecule has 0 spiro atoms. The smallest absolute Gasteiger partial charge is 0.229 e. The molecule has 0 saturated heterocycles. The van der Waals surface area contributed by atoms with E-state index in [0.29, 0.717) is 6.42 Å². The molecule has 0 bridgehead atoms. The molecule has 0 aliphatic heterocycles. The lowest BCUT2D eigenvalue weighted by molar-refractivity contribution is -0.113. The summed E-state index contributed by atoms with van der Waals surface area (Å²) in [6.45, 7) is 4.15. The molecule has 1 atom stereocenters. The maximum Gasteiger partial charge on any atom is 0.229 e. The third-order valence-corrected chi connectivity index (χ3v) is 3.85. The molecule has 2 aromatic rings. The third kappa shape index (κ3) is 3.71. The van der Waals surface area contributed by atoms with Gasteiger partial charge in [-0.05, 0) is 48.1 Å². The maximum absolute atomic E-state index is 11.7. The number of aryl methyl sites for hydroxylation is 2. The van der Waals surface area contributed by atoms with Crippen molar-refractivity contribution in [1.82, 2.24) is 0 Å². The number of halogens is 1. The summed E-state index contributed by atoms with van der Waals surface area (Å²) in [5, 5.41) is -0.296. The second-order valence-corrected chi connectivity index (χ2v) is 5.52. The van der Waals surface area contributed by atoms with Crippen LogP contribution in [0.2, 0.25) is 0 Å². The lowest BCUT2D eigenvalue weighted by atomic mass is 9.91. The van der Waals surface area contributed by atoms with Crippen LogP contribution in [0.25, 0.3) is 0 Å². The van der Waals surface area contributed by atoms with Gasteiger partial charge in [-0.15, -0.1) is 0 Å². The Morgan fingerprint density at radius 2 is 1.75 bits per heavy atom. The Bertz CT molecular complexity index is 587. The summed E-state index contributed by atoms with van der Waals surface area (Å²) >= 11 is 5.80. The number of carbonyl (C=O) groups excluding carboxylic acids is 1. The van der Waals surface area contributed by atoms with Crippen molar-refractivity contribution in [2.75, 3.05) is 0 Å². The van der Waals surface area contributed by atoms with Crippen LogP contribution >= 0.6 is 11.6 Å². The van der Waals surface area contributed by atoms with Crippen LogP contribution in [-0.2, 0) is 17.6 Å². The van der Waals surface area contributed by atoms with E-state index in [2.05, 4.69) is 31.2 Å². The topological polar surface area (TPSA) is 17.1 Å². The Labute approximate surface area is 125 Å². The first-order valence-electron chi connectivity index (χ1n) is 6.94. The van der Waals surface area contributed by atoms with Crippen LogP contribution in [-0.4, -0.2) is 5.24 Å². The quantitative estimate of drug-likeness (QED) is 0.731. The summed E-state index contributed by atoms with van der Waals surface area (Å²) in [6, 6.07) is 16.4. The fourth-order valence-corrected chi connectivity index (χ4v) is 2.57. The van der Waals surface area contributed by atoms with Crippen LogP contribution in [0, 0.1) is 6.92 Å². The average Bonchev–Trinajstić information content (AvgIpc) is 2.45. The minimum absolute atomic E-state index is 0.274. The molecule has 0 heterocycles. The highest BCUT2D eigenvalue weighted by Gasteiger charge is 2.19. The molecule has 0 aliphatic rings. The van der Waals surface area contributed by atoms with Crippen LogP contribution < -0.4 is 0 Å². The van der Waals surface area contributed by atoms with E-state index >= 15 is 0 Å². The van der Waals surface area contributed by atoms with Crippen molar-refractivity contribution < 1.29 is 4.79 Å². The number of rotatable bonds is 5. The fraction of sp³-hybridized carbons (Fsp3) is 0.278. The molecule has 2 heteroatoms. The number of hydrogen-bond donors (Lipinski definition) is 0. The van der Waals surface area contributed by atoms with E-state index < -0.39 is 0 Å². The van der Waals surface area contributed by atoms with E-state index in [1.54, 1.807) is 0 Å². The summed E-state index contributed by atoms with van der Waals surface area (Å²) in [5.74, 6) is -0.274. The zero-order valence-electron chi connectivity index (χ0n) is 11.9. The van der Waals surface area contributed by atoms with Crippen LogP contribution in [0.15, 0.2) is 48.5 Å². The van der Waals surface area contributed by atoms with Gasteiger partial charge in [0, 0.05) is 0 Å². The number of carbonyl (C=O) groups is 1. The molecule has 0 aromatic heterocycles. The lowest BCUT2D eigenvalue weighted by Crippen LogP contribution is -2.10. The Morgan fingerprint density at radius 1 is 1.10 bits per heavy atom. The van der Waals surface area contributed by atoms with Crippen molar-refractivity contribution in [2.24, 2.45) is 0 Å². The minimum atomic E-state index is -0.296. The van der Waals surface area contributed by atoms with Crippen LogP contribution in [0.5, 0.6) is 0 Å². The Kier molecular flexibility index (Phi) is 4.97. The van der Waals surface area contributed by atoms with Gasteiger partial charge in [-0.1, -0.05) is 61.0 Å². The van der Waals surface area contributed by atoms with Crippen molar-refractivity contribution in [3.8, 4) is 0 Å². The first-order chi connectivity index (χ1) is 9.60. The van der Waals surface area contributed by atoms with Gasteiger partial charge in [0.15, 0.2) is 0 Å². The van der Waals surface area contributed by atoms with Gasteiger partial charge in [0.05, 0.1) is 5.92 Å². The zero-order chi connectivity index (χ0) is 14.5. The van der Waals surface area contributed by atoms with Gasteiger partial charge in [-0.2, -0.15) is 0 Å². The van der Waals surface area contributed by atoms with Crippen molar-refractivity contribution in [2.45, 2.75) is 32.6 Å². The average molecular weight is 287 g/mol. The largest absolute Gasteiger partial charge is 0.281 e. The van der Waals surface area contributed by atoms with Crippen molar-refractivity contribution in [3.63, 3.8) is 0 Å². The van der Waals surface area contributed by atoms with E-state index in [1.807, 2.05) is 31.2 Å². The normalized spacial score (nSPS) is 12.2. The predicted octanol–water partition coefficient (Wildman–Crippen LogP) is 4.65. The van der Waals surface area contributed by atoms with Crippen molar-refractivity contribution in [1.29, 1.82) is 0 Å². The number of hydrogen-bond acceptors (Lipinski definition) is 1. The number of benzene rings is 2. The van der Waals surface area contributed by atoms with Gasteiger partial charge in [0.1, 0.15) is 0 Å². The van der Waals surface area contributed by atoms with Gasteiger partial charge in [-0.25, -0.2) is 0 Å². The molecular formula is C18H19ClO. The third-order valence-electron chi connectivity index (χ3n) is 3.59. The molecule has 0 saturated carbocycles. The maximum atomic E-state index is 11.7. The van der Waals surface area contributed by atoms with E-state index in [4.69, 9.17) is 11.6 Å². The highest BCUT2D eigenvalue weighted by molar-refractivity contribution is 6.64. The molecular weight excluding hydrogens is 268 g/mol. The Hall–Kier alpha value is -1.60. The van der Waals surface area contributed by atoms with Crippen molar-refractivity contribution >= 4 is 16.8 Å². The van der Waals surface area contributed by atoms with Gasteiger partial charge in [-0.3, -0.25) is 4.79 Å². The summed E-state index contributed by atoms with van der Waals surface area (Å²) in [5.41, 5.74) is 4.58. The molecule has 0 aliphatic carbocycles. The first-order valence-corrected chi connectivity index (χ1v) is 7.31. The second-order valence-electron chi connectivity index (χ2n) is 5.15. The zero-order valence-corrected chi connectivity index (χ0v) is 12.7. The molecule has 0 radical (unpaired) electrons. The lowest BCUT2D eigenvalue weighted by Gasteiger charge is -2.14. The molecule has 2 aromatic carbocycles. The molecule has 104 valence electrons. The van der Waals surface area contributed by atoms with Crippen LogP contribution in [0.1, 0.15) is 35.1 Å². The molecule has 2 rings (SSSR count). The monoisotopic (exact) mass is 286 g/mol. The van der Waals surface area contributed by atoms with E-state index in [9.17, 15) is 4.79 Å². The standard InChI is InChI=1S/C18H19ClO/c1-3-14-7-9-15(10-8-14)12-17(18(19)20)16-6-4-5-13(2)11-16/h4-11,17H,3,12H2,1-2H3. The highest BCUT2D eigenvalue weighted by Crippen LogP contribution is 2.24. The van der Waals surface area contributed by atoms with Crippen LogP contribution in [0.3, 0.4) is 0 Å². The summed E-state index contributed by atoms with van der Waals surface area (Å²) in [6.07, 6.45) is 1.67. The molecule has 1 nitrogen and oxygen atoms in total. The van der Waals surface area contributed by atoms with Gasteiger partial charge < -0.3 is 0 Å². The molecule has 1 unspecified atom stereocenters.